The third-order valence-corrected chi connectivity index (χ3v) is 3.21. The highest BCUT2D eigenvalue weighted by molar-refractivity contribution is 6.00. The Bertz CT molecular complexity index is 698. The van der Waals surface area contributed by atoms with E-state index in [2.05, 4.69) is 0 Å². The van der Waals surface area contributed by atoms with E-state index in [1.54, 1.807) is 0 Å². The van der Waals surface area contributed by atoms with Gasteiger partial charge in [0.25, 0.3) is 0 Å². The first kappa shape index (κ1) is 12.6. The van der Waals surface area contributed by atoms with Crippen molar-refractivity contribution in [2.45, 2.75) is 12.5 Å². The first-order chi connectivity index (χ1) is 9.54. The monoisotopic (exact) mass is 276 g/mol. The van der Waals surface area contributed by atoms with E-state index in [9.17, 15) is 18.7 Å². The number of ketones is 1. The maximum absolute atomic E-state index is 13.7. The average molecular weight is 276 g/mol. The molecule has 0 amide bonds. The Hall–Kier alpha value is -2.43. The third kappa shape index (κ3) is 2.11. The number of carbonyl (C=O) groups excluding carboxylic acids is 1. The standard InChI is InChI=1S/C15H10F2O3/c16-8-1-3-12(17)10(5-8)15-7-13(19)11-6-9(18)2-4-14(11)20-15/h1-6,15,18H,7H2. The Balaban J connectivity index is 2.01. The molecule has 3 nitrogen and oxygen atoms in total. The van der Waals surface area contributed by atoms with Gasteiger partial charge < -0.3 is 9.84 Å². The summed E-state index contributed by atoms with van der Waals surface area (Å²) >= 11 is 0. The molecule has 1 aliphatic rings. The molecular formula is C15H10F2O3. The van der Waals surface area contributed by atoms with Gasteiger partial charge in [-0.2, -0.15) is 0 Å². The zero-order valence-electron chi connectivity index (χ0n) is 10.3. The number of hydrogen-bond acceptors (Lipinski definition) is 3. The SMILES string of the molecule is O=C1CC(c2cc(F)ccc2F)Oc2ccc(O)cc21. The van der Waals surface area contributed by atoms with Gasteiger partial charge >= 0.3 is 0 Å². The molecule has 0 spiro atoms. The van der Waals surface area contributed by atoms with E-state index in [1.165, 1.54) is 18.2 Å². The molecule has 0 aliphatic carbocycles. The van der Waals surface area contributed by atoms with Crippen molar-refractivity contribution in [2.75, 3.05) is 0 Å². The van der Waals surface area contributed by atoms with Gasteiger partial charge in [0, 0.05) is 5.56 Å². The first-order valence-corrected chi connectivity index (χ1v) is 6.02. The number of halogens is 2. The van der Waals surface area contributed by atoms with Gasteiger partial charge in [-0.1, -0.05) is 0 Å². The van der Waals surface area contributed by atoms with Crippen LogP contribution in [-0.4, -0.2) is 10.9 Å². The third-order valence-electron chi connectivity index (χ3n) is 3.21. The molecule has 20 heavy (non-hydrogen) atoms. The number of aromatic hydroxyl groups is 1. The molecule has 1 N–H and O–H groups in total. The summed E-state index contributed by atoms with van der Waals surface area (Å²) in [6.07, 6.45) is -0.966. The van der Waals surface area contributed by atoms with Gasteiger partial charge in [-0.15, -0.1) is 0 Å². The van der Waals surface area contributed by atoms with Crippen LogP contribution in [0.3, 0.4) is 0 Å². The van der Waals surface area contributed by atoms with Gasteiger partial charge in [-0.3, -0.25) is 4.79 Å². The topological polar surface area (TPSA) is 46.5 Å². The van der Waals surface area contributed by atoms with Crippen molar-refractivity contribution in [3.05, 3.63) is 59.2 Å². The quantitative estimate of drug-likeness (QED) is 0.868. The van der Waals surface area contributed by atoms with E-state index < -0.39 is 17.7 Å². The fourth-order valence-electron chi connectivity index (χ4n) is 2.25. The predicted octanol–water partition coefficient (Wildman–Crippen LogP) is 3.38. The number of Topliss-reactive ketones (excluding diaryl/α,β-unsaturated/α-hetero) is 1. The Morgan fingerprint density at radius 3 is 2.75 bits per heavy atom. The van der Waals surface area contributed by atoms with Crippen molar-refractivity contribution in [1.29, 1.82) is 0 Å². The predicted molar refractivity (Wildman–Crippen MR) is 66.8 cm³/mol. The summed E-state index contributed by atoms with van der Waals surface area (Å²) in [5, 5.41) is 9.35. The summed E-state index contributed by atoms with van der Waals surface area (Å²) in [7, 11) is 0. The van der Waals surface area contributed by atoms with E-state index in [-0.39, 0.29) is 34.8 Å². The lowest BCUT2D eigenvalue weighted by Crippen LogP contribution is -2.21. The molecule has 1 heterocycles. The summed E-state index contributed by atoms with van der Waals surface area (Å²) in [6.45, 7) is 0. The lowest BCUT2D eigenvalue weighted by Gasteiger charge is -2.25. The van der Waals surface area contributed by atoms with E-state index in [4.69, 9.17) is 4.74 Å². The second-order valence-electron chi connectivity index (χ2n) is 4.58. The normalized spacial score (nSPS) is 17.5. The molecule has 0 bridgehead atoms. The second-order valence-corrected chi connectivity index (χ2v) is 4.58. The first-order valence-electron chi connectivity index (χ1n) is 6.02. The minimum absolute atomic E-state index is 0.0112. The Morgan fingerprint density at radius 1 is 1.15 bits per heavy atom. The molecule has 3 rings (SSSR count). The number of benzene rings is 2. The Morgan fingerprint density at radius 2 is 1.95 bits per heavy atom. The lowest BCUT2D eigenvalue weighted by molar-refractivity contribution is 0.0844. The van der Waals surface area contributed by atoms with Crippen LogP contribution in [0.1, 0.15) is 28.4 Å². The largest absolute Gasteiger partial charge is 0.508 e. The highest BCUT2D eigenvalue weighted by atomic mass is 19.1. The molecule has 0 saturated heterocycles. The maximum atomic E-state index is 13.7. The molecular weight excluding hydrogens is 266 g/mol. The summed E-state index contributed by atoms with van der Waals surface area (Å²) in [5.74, 6) is -1.28. The van der Waals surface area contributed by atoms with Crippen LogP contribution in [0, 0.1) is 11.6 Å². The number of ether oxygens (including phenoxy) is 1. The van der Waals surface area contributed by atoms with E-state index in [0.29, 0.717) is 0 Å². The summed E-state index contributed by atoms with van der Waals surface area (Å²) < 4.78 is 32.5. The minimum atomic E-state index is -0.866. The van der Waals surface area contributed by atoms with Gasteiger partial charge in [-0.05, 0) is 36.4 Å². The summed E-state index contributed by atoms with van der Waals surface area (Å²) in [4.78, 5) is 12.0. The Kier molecular flexibility index (Phi) is 2.89. The number of rotatable bonds is 1. The fraction of sp³-hybridized carbons (Fsp3) is 0.133. The van der Waals surface area contributed by atoms with Crippen LogP contribution < -0.4 is 4.74 Å². The zero-order valence-corrected chi connectivity index (χ0v) is 10.3. The lowest BCUT2D eigenvalue weighted by atomic mass is 9.96. The van der Waals surface area contributed by atoms with Crippen LogP contribution in [0.25, 0.3) is 0 Å². The van der Waals surface area contributed by atoms with Crippen molar-refractivity contribution in [2.24, 2.45) is 0 Å². The van der Waals surface area contributed by atoms with Crippen LogP contribution in [0.2, 0.25) is 0 Å². The highest BCUT2D eigenvalue weighted by Gasteiger charge is 2.29. The molecule has 1 atom stereocenters. The summed E-state index contributed by atoms with van der Waals surface area (Å²) in [6, 6.07) is 7.15. The maximum Gasteiger partial charge on any atom is 0.170 e. The van der Waals surface area contributed by atoms with Crippen molar-refractivity contribution in [3.8, 4) is 11.5 Å². The van der Waals surface area contributed by atoms with Gasteiger partial charge in [-0.25, -0.2) is 8.78 Å². The number of hydrogen-bond donors (Lipinski definition) is 1. The fourth-order valence-corrected chi connectivity index (χ4v) is 2.25. The van der Waals surface area contributed by atoms with E-state index in [1.807, 2.05) is 0 Å². The molecule has 2 aromatic rings. The number of fused-ring (bicyclic) bond motifs is 1. The number of phenolic OH excluding ortho intramolecular Hbond substituents is 1. The average Bonchev–Trinajstić information content (AvgIpc) is 2.42. The molecule has 0 aromatic heterocycles. The van der Waals surface area contributed by atoms with Crippen LogP contribution in [-0.2, 0) is 0 Å². The molecule has 0 radical (unpaired) electrons. The number of carbonyl (C=O) groups is 1. The molecule has 0 fully saturated rings. The summed E-state index contributed by atoms with van der Waals surface area (Å²) in [5.41, 5.74) is 0.259. The van der Waals surface area contributed by atoms with E-state index in [0.717, 1.165) is 18.2 Å². The minimum Gasteiger partial charge on any atom is -0.508 e. The Labute approximate surface area is 113 Å². The van der Waals surface area contributed by atoms with Crippen LogP contribution >= 0.6 is 0 Å². The number of phenols is 1. The van der Waals surface area contributed by atoms with Gasteiger partial charge in [0.1, 0.15) is 29.2 Å². The van der Waals surface area contributed by atoms with Gasteiger partial charge in [0.15, 0.2) is 5.78 Å². The van der Waals surface area contributed by atoms with Crippen molar-refractivity contribution in [3.63, 3.8) is 0 Å². The van der Waals surface area contributed by atoms with Gasteiger partial charge in [0.2, 0.25) is 0 Å². The molecule has 1 unspecified atom stereocenters. The molecule has 102 valence electrons. The molecule has 2 aromatic carbocycles. The smallest absolute Gasteiger partial charge is 0.170 e. The van der Waals surface area contributed by atoms with Crippen LogP contribution in [0.4, 0.5) is 8.78 Å². The highest BCUT2D eigenvalue weighted by Crippen LogP contribution is 2.37. The molecule has 0 saturated carbocycles. The van der Waals surface area contributed by atoms with Crippen molar-refractivity contribution in [1.82, 2.24) is 0 Å². The second kappa shape index (κ2) is 4.59. The molecule has 5 heteroatoms. The van der Waals surface area contributed by atoms with E-state index >= 15 is 0 Å². The van der Waals surface area contributed by atoms with Crippen LogP contribution in [0.5, 0.6) is 11.5 Å². The van der Waals surface area contributed by atoms with Gasteiger partial charge in [0.05, 0.1) is 12.0 Å². The van der Waals surface area contributed by atoms with Crippen LogP contribution in [0.15, 0.2) is 36.4 Å². The van der Waals surface area contributed by atoms with Crippen molar-refractivity contribution >= 4 is 5.78 Å². The zero-order chi connectivity index (χ0) is 14.3. The van der Waals surface area contributed by atoms with Crippen molar-refractivity contribution < 1.29 is 23.4 Å². The molecule has 1 aliphatic heterocycles.